The van der Waals surface area contributed by atoms with Gasteiger partial charge < -0.3 is 4.74 Å². The molecule has 0 aliphatic heterocycles. The third-order valence-electron chi connectivity index (χ3n) is 3.86. The molecule has 102 valence electrons. The molecule has 0 bridgehead atoms. The number of hydrogen-bond acceptors (Lipinski definition) is 3. The Morgan fingerprint density at radius 3 is 2.21 bits per heavy atom. The Balaban J connectivity index is 1.77. The highest BCUT2D eigenvalue weighted by Gasteiger charge is 2.29. The quantitative estimate of drug-likeness (QED) is 0.781. The third kappa shape index (κ3) is 3.91. The first-order chi connectivity index (χ1) is 9.16. The number of rotatable bonds is 4. The van der Waals surface area contributed by atoms with Gasteiger partial charge in [-0.2, -0.15) is 0 Å². The molecule has 0 atom stereocenters. The average molecular weight is 260 g/mol. The van der Waals surface area contributed by atoms with Gasteiger partial charge in [0.2, 0.25) is 0 Å². The van der Waals surface area contributed by atoms with Crippen LogP contribution in [-0.2, 0) is 20.9 Å². The van der Waals surface area contributed by atoms with Crippen molar-refractivity contribution < 1.29 is 14.3 Å². The van der Waals surface area contributed by atoms with Gasteiger partial charge in [0.1, 0.15) is 12.4 Å². The zero-order chi connectivity index (χ0) is 13.7. The maximum absolute atomic E-state index is 11.9. The minimum absolute atomic E-state index is 0.0284. The second-order valence-corrected chi connectivity index (χ2v) is 5.25. The van der Waals surface area contributed by atoms with Gasteiger partial charge in [0, 0.05) is 5.92 Å². The van der Waals surface area contributed by atoms with E-state index in [1.54, 1.807) is 6.92 Å². The molecular formula is C16H20O3. The smallest absolute Gasteiger partial charge is 0.309 e. The van der Waals surface area contributed by atoms with E-state index in [4.69, 9.17) is 4.74 Å². The predicted molar refractivity (Wildman–Crippen MR) is 72.4 cm³/mol. The molecule has 1 fully saturated rings. The van der Waals surface area contributed by atoms with Crippen LogP contribution in [0.25, 0.3) is 0 Å². The molecule has 0 saturated heterocycles. The van der Waals surface area contributed by atoms with Crippen molar-refractivity contribution in [1.82, 2.24) is 0 Å². The monoisotopic (exact) mass is 260 g/mol. The molecule has 1 aliphatic carbocycles. The lowest BCUT2D eigenvalue weighted by Crippen LogP contribution is -2.26. The van der Waals surface area contributed by atoms with Gasteiger partial charge in [0.15, 0.2) is 0 Å². The highest BCUT2D eigenvalue weighted by molar-refractivity contribution is 5.79. The second-order valence-electron chi connectivity index (χ2n) is 5.25. The highest BCUT2D eigenvalue weighted by atomic mass is 16.5. The minimum atomic E-state index is -0.120. The van der Waals surface area contributed by atoms with Gasteiger partial charge in [-0.1, -0.05) is 30.3 Å². The fraction of sp³-hybridized carbons (Fsp3) is 0.500. The first-order valence-electron chi connectivity index (χ1n) is 6.88. The summed E-state index contributed by atoms with van der Waals surface area (Å²) in [5.41, 5.74) is 1.01. The number of ether oxygens (including phenoxy) is 1. The molecule has 0 amide bonds. The Morgan fingerprint density at radius 1 is 1.05 bits per heavy atom. The van der Waals surface area contributed by atoms with Gasteiger partial charge in [-0.25, -0.2) is 0 Å². The van der Waals surface area contributed by atoms with E-state index in [9.17, 15) is 9.59 Å². The molecule has 0 radical (unpaired) electrons. The van der Waals surface area contributed by atoms with Gasteiger partial charge in [-0.3, -0.25) is 9.59 Å². The molecule has 1 saturated carbocycles. The summed E-state index contributed by atoms with van der Waals surface area (Å²) in [7, 11) is 0. The van der Waals surface area contributed by atoms with E-state index in [0.717, 1.165) is 31.2 Å². The molecule has 0 spiro atoms. The lowest BCUT2D eigenvalue weighted by molar-refractivity contribution is -0.151. The third-order valence-corrected chi connectivity index (χ3v) is 3.86. The van der Waals surface area contributed by atoms with Crippen LogP contribution in [0.5, 0.6) is 0 Å². The summed E-state index contributed by atoms with van der Waals surface area (Å²) in [4.78, 5) is 23.2. The fourth-order valence-electron chi connectivity index (χ4n) is 2.58. The van der Waals surface area contributed by atoms with Crippen LogP contribution >= 0.6 is 0 Å². The van der Waals surface area contributed by atoms with Crippen molar-refractivity contribution in [3.05, 3.63) is 35.9 Å². The maximum Gasteiger partial charge on any atom is 0.309 e. The van der Waals surface area contributed by atoms with E-state index >= 15 is 0 Å². The number of esters is 1. The zero-order valence-electron chi connectivity index (χ0n) is 11.3. The van der Waals surface area contributed by atoms with Crippen LogP contribution in [0.3, 0.4) is 0 Å². The Kier molecular flexibility index (Phi) is 4.72. The van der Waals surface area contributed by atoms with E-state index < -0.39 is 0 Å². The van der Waals surface area contributed by atoms with E-state index in [1.807, 2.05) is 30.3 Å². The van der Waals surface area contributed by atoms with Crippen molar-refractivity contribution in [2.24, 2.45) is 11.8 Å². The van der Waals surface area contributed by atoms with E-state index in [-0.39, 0.29) is 23.6 Å². The van der Waals surface area contributed by atoms with E-state index in [2.05, 4.69) is 0 Å². The second kappa shape index (κ2) is 6.50. The van der Waals surface area contributed by atoms with Crippen LogP contribution in [0.2, 0.25) is 0 Å². The summed E-state index contributed by atoms with van der Waals surface area (Å²) in [5.74, 6) is 0.249. The minimum Gasteiger partial charge on any atom is -0.461 e. The van der Waals surface area contributed by atoms with Gasteiger partial charge >= 0.3 is 5.97 Å². The van der Waals surface area contributed by atoms with Gasteiger partial charge in [0.25, 0.3) is 0 Å². The number of carbonyl (C=O) groups excluding carboxylic acids is 2. The molecule has 1 aromatic carbocycles. The molecule has 3 nitrogen and oxygen atoms in total. The maximum atomic E-state index is 11.9. The molecule has 0 aromatic heterocycles. The zero-order valence-corrected chi connectivity index (χ0v) is 11.3. The van der Waals surface area contributed by atoms with Crippen LogP contribution in [0.4, 0.5) is 0 Å². The topological polar surface area (TPSA) is 43.4 Å². The van der Waals surface area contributed by atoms with Crippen molar-refractivity contribution >= 4 is 11.8 Å². The molecule has 1 aromatic rings. The molecule has 3 heteroatoms. The Hall–Kier alpha value is -1.64. The van der Waals surface area contributed by atoms with E-state index in [0.29, 0.717) is 6.61 Å². The first-order valence-corrected chi connectivity index (χ1v) is 6.88. The van der Waals surface area contributed by atoms with Crippen molar-refractivity contribution in [2.45, 2.75) is 39.2 Å². The summed E-state index contributed by atoms with van der Waals surface area (Å²) >= 11 is 0. The Labute approximate surface area is 114 Å². The van der Waals surface area contributed by atoms with Gasteiger partial charge in [0.05, 0.1) is 5.92 Å². The Morgan fingerprint density at radius 2 is 1.63 bits per heavy atom. The summed E-state index contributed by atoms with van der Waals surface area (Å²) in [5, 5.41) is 0. The lowest BCUT2D eigenvalue weighted by Gasteiger charge is -2.25. The fourth-order valence-corrected chi connectivity index (χ4v) is 2.58. The average Bonchev–Trinajstić information content (AvgIpc) is 2.46. The molecule has 0 N–H and O–H groups in total. The summed E-state index contributed by atoms with van der Waals surface area (Å²) in [6, 6.07) is 9.69. The lowest BCUT2D eigenvalue weighted by atomic mass is 9.80. The van der Waals surface area contributed by atoms with Crippen molar-refractivity contribution in [1.29, 1.82) is 0 Å². The summed E-state index contributed by atoms with van der Waals surface area (Å²) in [6.07, 6.45) is 3.19. The molecule has 1 aliphatic rings. The first kappa shape index (κ1) is 13.8. The molecule has 0 unspecified atom stereocenters. The molecule has 19 heavy (non-hydrogen) atoms. The van der Waals surface area contributed by atoms with Crippen LogP contribution in [0, 0.1) is 11.8 Å². The van der Waals surface area contributed by atoms with Crippen molar-refractivity contribution in [2.75, 3.05) is 0 Å². The van der Waals surface area contributed by atoms with Gasteiger partial charge in [-0.05, 0) is 38.2 Å². The van der Waals surface area contributed by atoms with Crippen LogP contribution in [-0.4, -0.2) is 11.8 Å². The number of Topliss-reactive ketones (excluding diaryl/α,β-unsaturated/α-hetero) is 1. The van der Waals surface area contributed by atoms with Crippen LogP contribution in [0.1, 0.15) is 38.2 Å². The van der Waals surface area contributed by atoms with Crippen molar-refractivity contribution in [3.63, 3.8) is 0 Å². The number of carbonyl (C=O) groups is 2. The van der Waals surface area contributed by atoms with Crippen LogP contribution < -0.4 is 0 Å². The number of hydrogen-bond donors (Lipinski definition) is 0. The van der Waals surface area contributed by atoms with Crippen LogP contribution in [0.15, 0.2) is 30.3 Å². The summed E-state index contributed by atoms with van der Waals surface area (Å²) in [6.45, 7) is 1.98. The summed E-state index contributed by atoms with van der Waals surface area (Å²) < 4.78 is 5.34. The number of benzene rings is 1. The highest BCUT2D eigenvalue weighted by Crippen LogP contribution is 2.30. The van der Waals surface area contributed by atoms with E-state index in [1.165, 1.54) is 0 Å². The standard InChI is InChI=1S/C16H20O3/c1-12(17)14-7-9-15(10-8-14)16(18)19-11-13-5-3-2-4-6-13/h2-6,14-15H,7-11H2,1H3. The molecule has 0 heterocycles. The Bertz CT molecular complexity index is 431. The normalized spacial score (nSPS) is 22.8. The predicted octanol–water partition coefficient (Wildman–Crippen LogP) is 3.13. The van der Waals surface area contributed by atoms with Gasteiger partial charge in [-0.15, -0.1) is 0 Å². The largest absolute Gasteiger partial charge is 0.461 e. The number of ketones is 1. The SMILES string of the molecule is CC(=O)C1CCC(C(=O)OCc2ccccc2)CC1. The molecule has 2 rings (SSSR count). The molecular weight excluding hydrogens is 240 g/mol. The van der Waals surface area contributed by atoms with Crippen molar-refractivity contribution in [3.8, 4) is 0 Å².